The Kier molecular flexibility index (Phi) is 5.43. The molecule has 0 saturated carbocycles. The molecule has 8 nitrogen and oxygen atoms in total. The maximum Gasteiger partial charge on any atom is 0.350 e. The summed E-state index contributed by atoms with van der Waals surface area (Å²) >= 11 is 0.967. The van der Waals surface area contributed by atoms with E-state index in [1.807, 2.05) is 0 Å². The normalized spacial score (nSPS) is 16.1. The van der Waals surface area contributed by atoms with E-state index in [0.717, 1.165) is 11.3 Å². The first kappa shape index (κ1) is 20.5. The topological polar surface area (TPSA) is 110 Å². The van der Waals surface area contributed by atoms with Crippen molar-refractivity contribution in [1.29, 1.82) is 0 Å². The average molecular weight is 438 g/mol. The summed E-state index contributed by atoms with van der Waals surface area (Å²) in [5.41, 5.74) is 0.875. The lowest BCUT2D eigenvalue weighted by atomic mass is 9.95. The molecular weight excluding hydrogens is 420 g/mol. The van der Waals surface area contributed by atoms with Gasteiger partial charge in [0.25, 0.3) is 5.91 Å². The molecule has 0 spiro atoms. The van der Waals surface area contributed by atoms with Crippen LogP contribution in [0.1, 0.15) is 44.4 Å². The molecule has 3 aromatic rings. The highest BCUT2D eigenvalue weighted by Crippen LogP contribution is 2.43. The summed E-state index contributed by atoms with van der Waals surface area (Å²) in [6.45, 7) is 3.52. The van der Waals surface area contributed by atoms with E-state index >= 15 is 0 Å². The van der Waals surface area contributed by atoms with Gasteiger partial charge in [0.15, 0.2) is 16.7 Å². The first-order valence-corrected chi connectivity index (χ1v) is 10.3. The number of rotatable bonds is 6. The number of carbonyl (C=O) groups excluding carboxylic acids is 3. The number of ketones is 1. The number of ether oxygens (including phenoxy) is 1. The van der Waals surface area contributed by atoms with E-state index < -0.39 is 29.5 Å². The molecule has 158 valence electrons. The van der Waals surface area contributed by atoms with Crippen LogP contribution in [-0.2, 0) is 9.53 Å². The lowest BCUT2D eigenvalue weighted by Gasteiger charge is -2.24. The molecule has 1 amide bonds. The number of benzene rings is 1. The van der Waals surface area contributed by atoms with Crippen LogP contribution >= 0.6 is 11.3 Å². The molecule has 1 atom stereocenters. The molecule has 4 rings (SSSR count). The second-order valence-electron chi connectivity index (χ2n) is 6.69. The minimum Gasteiger partial charge on any atom is -0.503 e. The molecule has 31 heavy (non-hydrogen) atoms. The fourth-order valence-corrected chi connectivity index (χ4v) is 4.38. The molecule has 0 aliphatic carbocycles. The number of aryl methyl sites for hydroxylation is 1. The van der Waals surface area contributed by atoms with Crippen molar-refractivity contribution in [2.75, 3.05) is 11.5 Å². The Morgan fingerprint density at radius 3 is 2.61 bits per heavy atom. The Balaban J connectivity index is 1.83. The van der Waals surface area contributed by atoms with Crippen LogP contribution in [0.4, 0.5) is 5.13 Å². The van der Waals surface area contributed by atoms with E-state index in [4.69, 9.17) is 9.15 Å². The van der Waals surface area contributed by atoms with E-state index in [0.29, 0.717) is 11.3 Å². The summed E-state index contributed by atoms with van der Waals surface area (Å²) < 4.78 is 10.3. The molecule has 0 fully saturated rings. The van der Waals surface area contributed by atoms with Crippen LogP contribution in [0.5, 0.6) is 0 Å². The highest BCUT2D eigenvalue weighted by atomic mass is 32.1. The van der Waals surface area contributed by atoms with Gasteiger partial charge in [-0.3, -0.25) is 14.5 Å². The second-order valence-corrected chi connectivity index (χ2v) is 7.67. The molecule has 1 aliphatic heterocycles. The van der Waals surface area contributed by atoms with Crippen LogP contribution < -0.4 is 4.90 Å². The molecular formula is C22H18N2O6S. The Morgan fingerprint density at radius 2 is 1.97 bits per heavy atom. The third-order valence-electron chi connectivity index (χ3n) is 4.77. The van der Waals surface area contributed by atoms with Crippen LogP contribution in [-0.4, -0.2) is 34.4 Å². The molecule has 1 aliphatic rings. The van der Waals surface area contributed by atoms with Crippen molar-refractivity contribution in [3.05, 3.63) is 82.0 Å². The molecule has 9 heteroatoms. The van der Waals surface area contributed by atoms with Gasteiger partial charge in [0.05, 0.1) is 30.2 Å². The first-order chi connectivity index (χ1) is 14.9. The van der Waals surface area contributed by atoms with Gasteiger partial charge >= 0.3 is 5.97 Å². The van der Waals surface area contributed by atoms with Crippen molar-refractivity contribution in [3.63, 3.8) is 0 Å². The molecule has 1 unspecified atom stereocenters. The summed E-state index contributed by atoms with van der Waals surface area (Å²) in [6, 6.07) is 10.9. The predicted octanol–water partition coefficient (Wildman–Crippen LogP) is 4.00. The summed E-state index contributed by atoms with van der Waals surface area (Å²) in [4.78, 5) is 44.3. The van der Waals surface area contributed by atoms with Crippen molar-refractivity contribution in [3.8, 4) is 0 Å². The maximum absolute atomic E-state index is 13.1. The fourth-order valence-electron chi connectivity index (χ4n) is 3.40. The largest absolute Gasteiger partial charge is 0.503 e. The smallest absolute Gasteiger partial charge is 0.350 e. The summed E-state index contributed by atoms with van der Waals surface area (Å²) in [7, 11) is 0. The summed E-state index contributed by atoms with van der Waals surface area (Å²) in [5.74, 6) is -2.62. The molecule has 0 bridgehead atoms. The number of amides is 1. The van der Waals surface area contributed by atoms with Crippen LogP contribution in [0.25, 0.3) is 0 Å². The monoisotopic (exact) mass is 438 g/mol. The average Bonchev–Trinajstić information content (AvgIpc) is 3.48. The Bertz CT molecular complexity index is 1180. The number of aliphatic hydroxyl groups is 1. The zero-order chi connectivity index (χ0) is 22.1. The number of hydrogen-bond donors (Lipinski definition) is 1. The molecule has 0 radical (unpaired) electrons. The number of thiazole rings is 1. The van der Waals surface area contributed by atoms with Gasteiger partial charge in [-0.15, -0.1) is 0 Å². The minimum absolute atomic E-state index is 0.000312. The van der Waals surface area contributed by atoms with Crippen molar-refractivity contribution < 1.29 is 28.6 Å². The summed E-state index contributed by atoms with van der Waals surface area (Å²) in [6.07, 6.45) is 1.34. The molecule has 0 saturated heterocycles. The second kappa shape index (κ2) is 8.19. The van der Waals surface area contributed by atoms with E-state index in [1.165, 1.54) is 17.2 Å². The van der Waals surface area contributed by atoms with Gasteiger partial charge in [-0.05, 0) is 31.5 Å². The predicted molar refractivity (Wildman–Crippen MR) is 112 cm³/mol. The highest BCUT2D eigenvalue weighted by molar-refractivity contribution is 7.17. The van der Waals surface area contributed by atoms with Crippen LogP contribution in [0.15, 0.2) is 64.5 Å². The van der Waals surface area contributed by atoms with Crippen molar-refractivity contribution in [1.82, 2.24) is 4.98 Å². The SMILES string of the molecule is CCOC(=O)c1sc(N2C(=O)C(O)=C(C(=O)c3ccco3)C2c2ccccc2)nc1C. The number of hydrogen-bond acceptors (Lipinski definition) is 8. The quantitative estimate of drug-likeness (QED) is 0.457. The van der Waals surface area contributed by atoms with E-state index in [2.05, 4.69) is 4.98 Å². The zero-order valence-electron chi connectivity index (χ0n) is 16.7. The molecule has 3 heterocycles. The number of aromatic nitrogens is 1. The van der Waals surface area contributed by atoms with Crippen LogP contribution in [0.2, 0.25) is 0 Å². The Hall–Kier alpha value is -3.72. The number of furan rings is 1. The number of aliphatic hydroxyl groups excluding tert-OH is 1. The van der Waals surface area contributed by atoms with Gasteiger partial charge in [-0.1, -0.05) is 41.7 Å². The molecule has 2 aromatic heterocycles. The summed E-state index contributed by atoms with van der Waals surface area (Å²) in [5, 5.41) is 10.8. The van der Waals surface area contributed by atoms with Crippen LogP contribution in [0, 0.1) is 6.92 Å². The number of anilines is 1. The van der Waals surface area contributed by atoms with E-state index in [1.54, 1.807) is 50.2 Å². The fraction of sp³-hybridized carbons (Fsp3) is 0.182. The Morgan fingerprint density at radius 1 is 1.23 bits per heavy atom. The lowest BCUT2D eigenvalue weighted by molar-refractivity contribution is -0.117. The standard InChI is InChI=1S/C22H18N2O6S/c1-3-29-21(28)19-12(2)23-22(31-19)24-16(13-8-5-4-6-9-13)15(18(26)20(24)27)17(25)14-10-7-11-30-14/h4-11,16,26H,3H2,1-2H3. The number of Topliss-reactive ketones (excluding diaryl/α,β-unsaturated/α-hetero) is 1. The molecule has 1 aromatic carbocycles. The first-order valence-electron chi connectivity index (χ1n) is 9.48. The van der Waals surface area contributed by atoms with Gasteiger partial charge in [0, 0.05) is 0 Å². The minimum atomic E-state index is -0.938. The van der Waals surface area contributed by atoms with Gasteiger partial charge in [-0.25, -0.2) is 9.78 Å². The van der Waals surface area contributed by atoms with E-state index in [9.17, 15) is 19.5 Å². The van der Waals surface area contributed by atoms with Gasteiger partial charge < -0.3 is 14.3 Å². The molecule has 1 N–H and O–H groups in total. The lowest BCUT2D eigenvalue weighted by Crippen LogP contribution is -2.31. The maximum atomic E-state index is 13.1. The number of carbonyl (C=O) groups is 3. The van der Waals surface area contributed by atoms with Gasteiger partial charge in [-0.2, -0.15) is 0 Å². The Labute approximate surface area is 181 Å². The highest BCUT2D eigenvalue weighted by Gasteiger charge is 2.46. The van der Waals surface area contributed by atoms with Crippen molar-refractivity contribution in [2.45, 2.75) is 19.9 Å². The zero-order valence-corrected chi connectivity index (χ0v) is 17.5. The third-order valence-corrected chi connectivity index (χ3v) is 5.90. The van der Waals surface area contributed by atoms with Gasteiger partial charge in [0.2, 0.25) is 5.78 Å². The van der Waals surface area contributed by atoms with Crippen molar-refractivity contribution >= 4 is 34.1 Å². The van der Waals surface area contributed by atoms with Crippen molar-refractivity contribution in [2.24, 2.45) is 0 Å². The number of esters is 1. The van der Waals surface area contributed by atoms with Gasteiger partial charge in [0.1, 0.15) is 4.88 Å². The number of nitrogens with zero attached hydrogens (tertiary/aromatic N) is 2. The van der Waals surface area contributed by atoms with Crippen LogP contribution in [0.3, 0.4) is 0 Å². The van der Waals surface area contributed by atoms with E-state index in [-0.39, 0.29) is 27.9 Å². The third kappa shape index (κ3) is 3.53.